The molecule has 104 valence electrons. The Labute approximate surface area is 127 Å². The Bertz CT molecular complexity index is 660. The van der Waals surface area contributed by atoms with Crippen molar-refractivity contribution in [3.05, 3.63) is 63.9 Å². The molecule has 0 aliphatic heterocycles. The van der Waals surface area contributed by atoms with Crippen molar-refractivity contribution >= 4 is 28.8 Å². The van der Waals surface area contributed by atoms with Crippen LogP contribution in [-0.2, 0) is 6.61 Å². The van der Waals surface area contributed by atoms with Crippen LogP contribution in [0.15, 0.2) is 36.4 Å². The Morgan fingerprint density at radius 2 is 2.05 bits per heavy atom. The maximum Gasteiger partial charge on any atom is 0.141 e. The van der Waals surface area contributed by atoms with Crippen LogP contribution >= 0.6 is 23.8 Å². The molecule has 0 saturated carbocycles. The Balaban J connectivity index is 2.15. The second kappa shape index (κ2) is 6.20. The van der Waals surface area contributed by atoms with Gasteiger partial charge in [0.15, 0.2) is 0 Å². The predicted molar refractivity (Wildman–Crippen MR) is 82.8 cm³/mol. The van der Waals surface area contributed by atoms with E-state index in [1.165, 1.54) is 6.07 Å². The fourth-order valence-corrected chi connectivity index (χ4v) is 2.03. The van der Waals surface area contributed by atoms with Crippen LogP contribution in [0.2, 0.25) is 5.02 Å². The minimum atomic E-state index is -0.443. The van der Waals surface area contributed by atoms with Crippen LogP contribution in [0.1, 0.15) is 16.7 Å². The highest BCUT2D eigenvalue weighted by Gasteiger charge is 2.06. The molecule has 0 amide bonds. The van der Waals surface area contributed by atoms with Crippen molar-refractivity contribution < 1.29 is 9.13 Å². The summed E-state index contributed by atoms with van der Waals surface area (Å²) >= 11 is 10.7. The van der Waals surface area contributed by atoms with Gasteiger partial charge in [0, 0.05) is 5.56 Å². The van der Waals surface area contributed by atoms with E-state index in [1.807, 2.05) is 19.1 Å². The zero-order chi connectivity index (χ0) is 14.7. The van der Waals surface area contributed by atoms with Crippen LogP contribution in [0.3, 0.4) is 0 Å². The van der Waals surface area contributed by atoms with Gasteiger partial charge >= 0.3 is 0 Å². The summed E-state index contributed by atoms with van der Waals surface area (Å²) in [5.74, 6) is 0.248. The van der Waals surface area contributed by atoms with E-state index in [0.717, 1.165) is 16.7 Å². The number of thiocarbonyl (C=S) groups is 1. The van der Waals surface area contributed by atoms with Crippen LogP contribution in [0.5, 0.6) is 5.75 Å². The summed E-state index contributed by atoms with van der Waals surface area (Å²) in [5, 5.41) is 0.0831. The molecular weight excluding hydrogens is 297 g/mol. The molecule has 5 heteroatoms. The number of aryl methyl sites for hydroxylation is 1. The third-order valence-electron chi connectivity index (χ3n) is 2.85. The highest BCUT2D eigenvalue weighted by Crippen LogP contribution is 2.22. The molecule has 0 aliphatic carbocycles. The van der Waals surface area contributed by atoms with Gasteiger partial charge in [-0.1, -0.05) is 42.0 Å². The molecule has 0 spiro atoms. The molecule has 0 atom stereocenters. The minimum Gasteiger partial charge on any atom is -0.489 e. The number of hydrogen-bond donors (Lipinski definition) is 1. The number of rotatable bonds is 4. The maximum absolute atomic E-state index is 13.1. The van der Waals surface area contributed by atoms with Crippen LogP contribution in [0.25, 0.3) is 0 Å². The zero-order valence-corrected chi connectivity index (χ0v) is 12.4. The number of ether oxygens (including phenoxy) is 1. The zero-order valence-electron chi connectivity index (χ0n) is 10.8. The van der Waals surface area contributed by atoms with E-state index >= 15 is 0 Å². The first kappa shape index (κ1) is 14.8. The second-order valence-electron chi connectivity index (χ2n) is 4.38. The lowest BCUT2D eigenvalue weighted by Gasteiger charge is -2.11. The Morgan fingerprint density at radius 1 is 1.30 bits per heavy atom. The van der Waals surface area contributed by atoms with E-state index in [9.17, 15) is 4.39 Å². The summed E-state index contributed by atoms with van der Waals surface area (Å²) in [7, 11) is 0. The van der Waals surface area contributed by atoms with Crippen LogP contribution in [0, 0.1) is 12.7 Å². The highest BCUT2D eigenvalue weighted by molar-refractivity contribution is 7.80. The molecule has 0 saturated heterocycles. The average Bonchev–Trinajstić information content (AvgIpc) is 2.41. The molecule has 2 aromatic rings. The van der Waals surface area contributed by atoms with Gasteiger partial charge in [-0.3, -0.25) is 0 Å². The van der Waals surface area contributed by atoms with Gasteiger partial charge in [0.1, 0.15) is 23.2 Å². The topological polar surface area (TPSA) is 35.2 Å². The number of hydrogen-bond acceptors (Lipinski definition) is 2. The minimum absolute atomic E-state index is 0.0831. The SMILES string of the molecule is Cc1ccc(C(N)=S)cc1OCc1ccc(F)c(Cl)c1. The number of halogens is 2. The molecule has 0 aromatic heterocycles. The molecule has 2 nitrogen and oxygen atoms in total. The van der Waals surface area contributed by atoms with Gasteiger partial charge < -0.3 is 10.5 Å². The third-order valence-corrected chi connectivity index (χ3v) is 3.38. The average molecular weight is 310 g/mol. The summed E-state index contributed by atoms with van der Waals surface area (Å²) in [5.41, 5.74) is 8.10. The quantitative estimate of drug-likeness (QED) is 0.867. The second-order valence-corrected chi connectivity index (χ2v) is 5.23. The number of benzene rings is 2. The Morgan fingerprint density at radius 3 is 2.70 bits per heavy atom. The summed E-state index contributed by atoms with van der Waals surface area (Å²) in [6, 6.07) is 10.0. The first-order valence-electron chi connectivity index (χ1n) is 5.94. The summed E-state index contributed by atoms with van der Waals surface area (Å²) in [6.45, 7) is 2.22. The molecule has 2 N–H and O–H groups in total. The van der Waals surface area contributed by atoms with Crippen molar-refractivity contribution in [3.8, 4) is 5.75 Å². The monoisotopic (exact) mass is 309 g/mol. The van der Waals surface area contributed by atoms with Crippen molar-refractivity contribution in [1.29, 1.82) is 0 Å². The highest BCUT2D eigenvalue weighted by atomic mass is 35.5. The third kappa shape index (κ3) is 3.46. The lowest BCUT2D eigenvalue weighted by molar-refractivity contribution is 0.304. The molecule has 20 heavy (non-hydrogen) atoms. The van der Waals surface area contributed by atoms with Crippen molar-refractivity contribution in [2.75, 3.05) is 0 Å². The first-order valence-corrected chi connectivity index (χ1v) is 6.73. The molecule has 0 heterocycles. The molecule has 0 bridgehead atoms. The summed E-state index contributed by atoms with van der Waals surface area (Å²) in [4.78, 5) is 0.319. The molecular formula is C15H13ClFNOS. The van der Waals surface area contributed by atoms with Crippen molar-refractivity contribution in [2.45, 2.75) is 13.5 Å². The van der Waals surface area contributed by atoms with Gasteiger partial charge in [0.25, 0.3) is 0 Å². The van der Waals surface area contributed by atoms with E-state index in [-0.39, 0.29) is 5.02 Å². The lowest BCUT2D eigenvalue weighted by Crippen LogP contribution is -2.09. The Kier molecular flexibility index (Phi) is 4.57. The standard InChI is InChI=1S/C15H13ClFNOS/c1-9-2-4-11(15(18)20)7-14(9)19-8-10-3-5-13(17)12(16)6-10/h2-7H,8H2,1H3,(H2,18,20). The fraction of sp³-hybridized carbons (Fsp3) is 0.133. The van der Waals surface area contributed by atoms with Gasteiger partial charge in [-0.05, 0) is 36.2 Å². The van der Waals surface area contributed by atoms with E-state index in [1.54, 1.807) is 18.2 Å². The summed E-state index contributed by atoms with van der Waals surface area (Å²) < 4.78 is 18.8. The number of nitrogens with two attached hydrogens (primary N) is 1. The van der Waals surface area contributed by atoms with Gasteiger partial charge in [0.05, 0.1) is 5.02 Å². The molecule has 0 unspecified atom stereocenters. The van der Waals surface area contributed by atoms with Gasteiger partial charge in [-0.2, -0.15) is 0 Å². The maximum atomic E-state index is 13.1. The molecule has 2 aromatic carbocycles. The lowest BCUT2D eigenvalue weighted by atomic mass is 10.1. The van der Waals surface area contributed by atoms with E-state index in [0.29, 0.717) is 17.3 Å². The van der Waals surface area contributed by atoms with Crippen molar-refractivity contribution in [3.63, 3.8) is 0 Å². The summed E-state index contributed by atoms with van der Waals surface area (Å²) in [6.07, 6.45) is 0. The Hall–Kier alpha value is -1.65. The normalized spacial score (nSPS) is 10.3. The van der Waals surface area contributed by atoms with Gasteiger partial charge in [0.2, 0.25) is 0 Å². The van der Waals surface area contributed by atoms with Crippen molar-refractivity contribution in [1.82, 2.24) is 0 Å². The molecule has 0 aliphatic rings. The molecule has 2 rings (SSSR count). The van der Waals surface area contributed by atoms with Gasteiger partial charge in [-0.25, -0.2) is 4.39 Å². The van der Waals surface area contributed by atoms with Gasteiger partial charge in [-0.15, -0.1) is 0 Å². The first-order chi connectivity index (χ1) is 9.47. The predicted octanol–water partition coefficient (Wildman–Crippen LogP) is 4.00. The fourth-order valence-electron chi connectivity index (χ4n) is 1.70. The van der Waals surface area contributed by atoms with E-state index in [2.05, 4.69) is 0 Å². The molecule has 0 radical (unpaired) electrons. The van der Waals surface area contributed by atoms with E-state index < -0.39 is 5.82 Å². The van der Waals surface area contributed by atoms with Crippen molar-refractivity contribution in [2.24, 2.45) is 5.73 Å². The van der Waals surface area contributed by atoms with Crippen LogP contribution in [-0.4, -0.2) is 4.99 Å². The van der Waals surface area contributed by atoms with Crippen LogP contribution in [0.4, 0.5) is 4.39 Å². The molecule has 0 fully saturated rings. The van der Waals surface area contributed by atoms with E-state index in [4.69, 9.17) is 34.3 Å². The smallest absolute Gasteiger partial charge is 0.141 e. The largest absolute Gasteiger partial charge is 0.489 e. The van der Waals surface area contributed by atoms with Crippen LogP contribution < -0.4 is 10.5 Å².